The third-order valence-electron chi connectivity index (χ3n) is 9.05. The lowest BCUT2D eigenvalue weighted by Crippen LogP contribution is -2.53. The molecule has 1 aliphatic heterocycles. The summed E-state index contributed by atoms with van der Waals surface area (Å²) in [5, 5.41) is 10.1. The molecule has 4 nitrogen and oxygen atoms in total. The Kier molecular flexibility index (Phi) is 3.79. The van der Waals surface area contributed by atoms with Crippen LogP contribution in [0.3, 0.4) is 0 Å². The summed E-state index contributed by atoms with van der Waals surface area (Å²) in [7, 11) is 0. The van der Waals surface area contributed by atoms with E-state index in [1.165, 1.54) is 5.57 Å². The Labute approximate surface area is 161 Å². The second-order valence-corrected chi connectivity index (χ2v) is 10.1. The average Bonchev–Trinajstić information content (AvgIpc) is 3.19. The Hall–Kier alpha value is -1.42. The fourth-order valence-corrected chi connectivity index (χ4v) is 7.58. The molecule has 4 aliphatic carbocycles. The van der Waals surface area contributed by atoms with Gasteiger partial charge in [-0.05, 0) is 85.2 Å². The van der Waals surface area contributed by atoms with Crippen LogP contribution < -0.4 is 0 Å². The maximum atomic E-state index is 13.2. The van der Waals surface area contributed by atoms with Gasteiger partial charge in [-0.3, -0.25) is 4.79 Å². The minimum atomic E-state index is -0.287. The lowest BCUT2D eigenvalue weighted by atomic mass is 9.47. The number of aliphatic hydroxyl groups excluding tert-OH is 1. The van der Waals surface area contributed by atoms with Crippen LogP contribution in [0.5, 0.6) is 0 Å². The molecule has 0 unspecified atom stereocenters. The quantitative estimate of drug-likeness (QED) is 0.717. The molecule has 0 aromatic rings. The monoisotopic (exact) mass is 370 g/mol. The summed E-state index contributed by atoms with van der Waals surface area (Å²) < 4.78 is 5.20. The minimum absolute atomic E-state index is 0.0723. The number of cyclic esters (lactones) is 1. The van der Waals surface area contributed by atoms with Gasteiger partial charge < -0.3 is 9.84 Å². The first-order chi connectivity index (χ1) is 12.8. The molecular weight excluding hydrogens is 340 g/mol. The predicted molar refractivity (Wildman–Crippen MR) is 101 cm³/mol. The average molecular weight is 370 g/mol. The number of aliphatic hydroxyl groups is 1. The standard InChI is InChI=1S/C23H30O4/c1-22-7-5-15(24)10-14(22)11-19(25)21-17-4-3-16(13-9-20(26)27-12-13)23(17,2)8-6-18(21)22/h9,11,15-18,21,24H,3-8,10,12H2,1-2H3/t15-,16+,17-,18-,21-,22-,23+/m0/s1. The number of ether oxygens (including phenoxy) is 1. The number of rotatable bonds is 1. The largest absolute Gasteiger partial charge is 0.458 e. The van der Waals surface area contributed by atoms with Crippen molar-refractivity contribution in [2.45, 2.75) is 64.9 Å². The Morgan fingerprint density at radius 1 is 1.04 bits per heavy atom. The maximum Gasteiger partial charge on any atom is 0.331 e. The summed E-state index contributed by atoms with van der Waals surface area (Å²) in [6.07, 6.45) is 10.2. The number of hydrogen-bond donors (Lipinski definition) is 1. The SMILES string of the molecule is C[C@]12CC[C@H]3[C@@H](C(=O)C=C4C[C@@H](O)CC[C@@]43C)[C@@H]1CC[C@@H]2C1=CC(=O)OC1. The number of ketones is 1. The first-order valence-electron chi connectivity index (χ1n) is 10.6. The van der Waals surface area contributed by atoms with Crippen LogP contribution in [0.2, 0.25) is 0 Å². The van der Waals surface area contributed by atoms with Crippen molar-refractivity contribution in [2.75, 3.05) is 6.61 Å². The van der Waals surface area contributed by atoms with Crippen molar-refractivity contribution >= 4 is 11.8 Å². The highest BCUT2D eigenvalue weighted by Gasteiger charge is 2.61. The molecule has 0 spiro atoms. The van der Waals surface area contributed by atoms with Gasteiger partial charge in [0.15, 0.2) is 5.78 Å². The summed E-state index contributed by atoms with van der Waals surface area (Å²) in [6, 6.07) is 0. The molecule has 4 heteroatoms. The number of allylic oxidation sites excluding steroid dienone is 1. The third-order valence-corrected chi connectivity index (χ3v) is 9.05. The van der Waals surface area contributed by atoms with Gasteiger partial charge in [0.25, 0.3) is 0 Å². The van der Waals surface area contributed by atoms with Crippen molar-refractivity contribution in [3.8, 4) is 0 Å². The van der Waals surface area contributed by atoms with E-state index in [9.17, 15) is 14.7 Å². The van der Waals surface area contributed by atoms with E-state index in [0.29, 0.717) is 36.6 Å². The van der Waals surface area contributed by atoms with E-state index in [1.54, 1.807) is 6.08 Å². The predicted octanol–water partition coefficient (Wildman–Crippen LogP) is 3.59. The molecular formula is C23H30O4. The summed E-state index contributed by atoms with van der Waals surface area (Å²) in [6.45, 7) is 5.14. The van der Waals surface area contributed by atoms with E-state index < -0.39 is 0 Å². The lowest BCUT2D eigenvalue weighted by Gasteiger charge is -2.57. The Morgan fingerprint density at radius 3 is 2.59 bits per heavy atom. The van der Waals surface area contributed by atoms with Gasteiger partial charge in [-0.2, -0.15) is 0 Å². The van der Waals surface area contributed by atoms with Crippen LogP contribution >= 0.6 is 0 Å². The van der Waals surface area contributed by atoms with Crippen LogP contribution in [-0.4, -0.2) is 29.6 Å². The van der Waals surface area contributed by atoms with E-state index in [4.69, 9.17) is 4.74 Å². The molecule has 27 heavy (non-hydrogen) atoms. The van der Waals surface area contributed by atoms with Gasteiger partial charge in [-0.1, -0.05) is 19.4 Å². The molecule has 0 bridgehead atoms. The molecule has 1 N–H and O–H groups in total. The van der Waals surface area contributed by atoms with E-state index in [0.717, 1.165) is 44.1 Å². The van der Waals surface area contributed by atoms with Crippen molar-refractivity contribution in [1.29, 1.82) is 0 Å². The van der Waals surface area contributed by atoms with Crippen LogP contribution in [0, 0.1) is 34.5 Å². The highest BCUT2D eigenvalue weighted by Crippen LogP contribution is 2.66. The van der Waals surface area contributed by atoms with Gasteiger partial charge >= 0.3 is 5.97 Å². The zero-order chi connectivity index (χ0) is 19.0. The molecule has 0 saturated heterocycles. The van der Waals surface area contributed by atoms with Gasteiger partial charge in [0, 0.05) is 12.0 Å². The van der Waals surface area contributed by atoms with Crippen LogP contribution in [0.15, 0.2) is 23.3 Å². The van der Waals surface area contributed by atoms with E-state index in [-0.39, 0.29) is 28.8 Å². The molecule has 3 saturated carbocycles. The Balaban J connectivity index is 1.50. The summed E-state index contributed by atoms with van der Waals surface area (Å²) >= 11 is 0. The first-order valence-corrected chi connectivity index (χ1v) is 10.6. The van der Waals surface area contributed by atoms with Crippen molar-refractivity contribution in [1.82, 2.24) is 0 Å². The van der Waals surface area contributed by atoms with Crippen molar-refractivity contribution in [3.05, 3.63) is 23.3 Å². The number of carbonyl (C=O) groups excluding carboxylic acids is 2. The second kappa shape index (κ2) is 5.79. The van der Waals surface area contributed by atoms with Crippen LogP contribution in [0.1, 0.15) is 58.8 Å². The molecule has 7 atom stereocenters. The first kappa shape index (κ1) is 17.7. The molecule has 0 aromatic carbocycles. The number of esters is 1. The zero-order valence-corrected chi connectivity index (χ0v) is 16.4. The van der Waals surface area contributed by atoms with Crippen LogP contribution in [0.4, 0.5) is 0 Å². The van der Waals surface area contributed by atoms with Crippen LogP contribution in [0.25, 0.3) is 0 Å². The number of fused-ring (bicyclic) bond motifs is 5. The van der Waals surface area contributed by atoms with Crippen molar-refractivity contribution in [3.63, 3.8) is 0 Å². The molecule has 0 amide bonds. The molecule has 0 aromatic heterocycles. The van der Waals surface area contributed by atoms with Gasteiger partial charge in [0.05, 0.1) is 6.10 Å². The molecule has 1 heterocycles. The van der Waals surface area contributed by atoms with Gasteiger partial charge in [0.1, 0.15) is 6.61 Å². The fraction of sp³-hybridized carbons (Fsp3) is 0.739. The molecule has 5 rings (SSSR count). The summed E-state index contributed by atoms with van der Waals surface area (Å²) in [5.41, 5.74) is 2.51. The topological polar surface area (TPSA) is 63.6 Å². The Morgan fingerprint density at radius 2 is 1.85 bits per heavy atom. The molecule has 3 fully saturated rings. The minimum Gasteiger partial charge on any atom is -0.458 e. The van der Waals surface area contributed by atoms with Crippen molar-refractivity contribution in [2.24, 2.45) is 34.5 Å². The highest BCUT2D eigenvalue weighted by atomic mass is 16.5. The lowest BCUT2D eigenvalue weighted by molar-refractivity contribution is -0.135. The molecule has 146 valence electrons. The third kappa shape index (κ3) is 2.38. The second-order valence-electron chi connectivity index (χ2n) is 10.1. The van der Waals surface area contributed by atoms with Crippen molar-refractivity contribution < 1.29 is 19.4 Å². The van der Waals surface area contributed by atoms with E-state index >= 15 is 0 Å². The Bertz CT molecular complexity index is 764. The van der Waals surface area contributed by atoms with Crippen LogP contribution in [-0.2, 0) is 14.3 Å². The van der Waals surface area contributed by atoms with Gasteiger partial charge in [-0.25, -0.2) is 4.79 Å². The zero-order valence-electron chi connectivity index (χ0n) is 16.4. The summed E-state index contributed by atoms with van der Waals surface area (Å²) in [5.74, 6) is 1.37. The maximum absolute atomic E-state index is 13.2. The number of hydrogen-bond acceptors (Lipinski definition) is 4. The normalized spacial score (nSPS) is 48.9. The molecule has 0 radical (unpaired) electrons. The fourth-order valence-electron chi connectivity index (χ4n) is 7.58. The smallest absolute Gasteiger partial charge is 0.331 e. The molecule has 5 aliphatic rings. The van der Waals surface area contributed by atoms with E-state index in [2.05, 4.69) is 13.8 Å². The van der Waals surface area contributed by atoms with Gasteiger partial charge in [-0.15, -0.1) is 0 Å². The van der Waals surface area contributed by atoms with E-state index in [1.807, 2.05) is 6.08 Å². The summed E-state index contributed by atoms with van der Waals surface area (Å²) in [4.78, 5) is 24.8. The highest BCUT2D eigenvalue weighted by molar-refractivity contribution is 5.94. The van der Waals surface area contributed by atoms with Gasteiger partial charge in [0.2, 0.25) is 0 Å². The number of carbonyl (C=O) groups is 2.